The summed E-state index contributed by atoms with van der Waals surface area (Å²) < 4.78 is 8.97. The zero-order valence-electron chi connectivity index (χ0n) is 18.4. The molecule has 0 aliphatic rings. The Labute approximate surface area is 198 Å². The highest BCUT2D eigenvalue weighted by Crippen LogP contribution is 2.32. The number of rotatable bonds is 8. The largest absolute Gasteiger partial charge is 0.483 e. The molecule has 1 amide bonds. The Morgan fingerprint density at radius 3 is 2.72 bits per heavy atom. The summed E-state index contributed by atoms with van der Waals surface area (Å²) in [5.74, 6) is 0.632. The zero-order valence-corrected chi connectivity index (χ0v) is 20.1. The van der Waals surface area contributed by atoms with Crippen molar-refractivity contribution in [3.63, 3.8) is 0 Å². The monoisotopic (exact) mass is 470 g/mol. The van der Waals surface area contributed by atoms with Gasteiger partial charge in [-0.2, -0.15) is 0 Å². The van der Waals surface area contributed by atoms with E-state index in [1.807, 2.05) is 42.0 Å². The number of amides is 1. The molecule has 0 radical (unpaired) electrons. The third kappa shape index (κ3) is 5.47. The Morgan fingerprint density at radius 2 is 1.97 bits per heavy atom. The second-order valence-corrected chi connectivity index (χ2v) is 8.66. The molecule has 0 N–H and O–H groups in total. The number of hydrogen-bond donors (Lipinski definition) is 0. The standard InChI is InChI=1S/C24H26N4O2S.ClH/c1-17-13-19(3)23-20(14-17)26-24(31-23)28(11-6-10-27-12-9-25-16-27)22(29)15-30-21-8-5-4-7-18(21)2;/h4-5,7-9,12-14,16H,6,10-11,15H2,1-3H3;1H. The van der Waals surface area contributed by atoms with Crippen LogP contribution in [0.4, 0.5) is 5.13 Å². The molecule has 0 bridgehead atoms. The van der Waals surface area contributed by atoms with E-state index in [1.165, 1.54) is 11.1 Å². The summed E-state index contributed by atoms with van der Waals surface area (Å²) in [6.07, 6.45) is 6.27. The second-order valence-electron chi connectivity index (χ2n) is 7.68. The first-order valence-electron chi connectivity index (χ1n) is 10.3. The van der Waals surface area contributed by atoms with Crippen LogP contribution in [0, 0.1) is 20.8 Å². The number of hydrogen-bond acceptors (Lipinski definition) is 5. The first kappa shape index (κ1) is 23.8. The van der Waals surface area contributed by atoms with Gasteiger partial charge in [-0.15, -0.1) is 12.4 Å². The number of aryl methyl sites for hydroxylation is 4. The minimum atomic E-state index is -0.0951. The Kier molecular flexibility index (Phi) is 7.88. The number of benzene rings is 2. The molecule has 0 spiro atoms. The van der Waals surface area contributed by atoms with Crippen LogP contribution in [-0.4, -0.2) is 33.6 Å². The molecule has 0 aliphatic heterocycles. The highest BCUT2D eigenvalue weighted by atomic mass is 35.5. The molecule has 2 aromatic carbocycles. The lowest BCUT2D eigenvalue weighted by Gasteiger charge is -2.20. The molecular formula is C24H27ClN4O2S. The van der Waals surface area contributed by atoms with Crippen LogP contribution in [0.15, 0.2) is 55.1 Å². The maximum Gasteiger partial charge on any atom is 0.266 e. The summed E-state index contributed by atoms with van der Waals surface area (Å²) in [6, 6.07) is 11.9. The van der Waals surface area contributed by atoms with Crippen molar-refractivity contribution < 1.29 is 9.53 Å². The lowest BCUT2D eigenvalue weighted by atomic mass is 10.1. The van der Waals surface area contributed by atoms with Crippen molar-refractivity contribution in [2.24, 2.45) is 0 Å². The van der Waals surface area contributed by atoms with E-state index in [2.05, 4.69) is 31.0 Å². The Bertz CT molecular complexity index is 1190. The number of carbonyl (C=O) groups is 1. The van der Waals surface area contributed by atoms with Gasteiger partial charge in [-0.1, -0.05) is 35.6 Å². The summed E-state index contributed by atoms with van der Waals surface area (Å²) in [4.78, 5) is 23.8. The van der Waals surface area contributed by atoms with Crippen LogP contribution in [0.3, 0.4) is 0 Å². The van der Waals surface area contributed by atoms with E-state index in [9.17, 15) is 4.79 Å². The number of nitrogens with zero attached hydrogens (tertiary/aromatic N) is 4. The molecule has 0 aliphatic carbocycles. The number of aromatic nitrogens is 3. The molecular weight excluding hydrogens is 444 g/mol. The average molecular weight is 471 g/mol. The lowest BCUT2D eigenvalue weighted by Crippen LogP contribution is -2.36. The number of ether oxygens (including phenoxy) is 1. The summed E-state index contributed by atoms with van der Waals surface area (Å²) in [5.41, 5.74) is 4.29. The molecule has 4 aromatic rings. The zero-order chi connectivity index (χ0) is 21.8. The van der Waals surface area contributed by atoms with Gasteiger partial charge in [0, 0.05) is 25.5 Å². The number of halogens is 1. The fourth-order valence-corrected chi connectivity index (χ4v) is 4.63. The number of anilines is 1. The highest BCUT2D eigenvalue weighted by molar-refractivity contribution is 7.22. The molecule has 6 nitrogen and oxygen atoms in total. The molecule has 2 aromatic heterocycles. The number of fused-ring (bicyclic) bond motifs is 1. The maximum absolute atomic E-state index is 13.2. The van der Waals surface area contributed by atoms with E-state index >= 15 is 0 Å². The topological polar surface area (TPSA) is 60.2 Å². The quantitative estimate of drug-likeness (QED) is 0.348. The van der Waals surface area contributed by atoms with Gasteiger partial charge >= 0.3 is 0 Å². The molecule has 32 heavy (non-hydrogen) atoms. The Balaban J connectivity index is 0.00000289. The van der Waals surface area contributed by atoms with E-state index in [0.29, 0.717) is 11.7 Å². The van der Waals surface area contributed by atoms with E-state index in [1.54, 1.807) is 28.8 Å². The van der Waals surface area contributed by atoms with Crippen LogP contribution in [0.25, 0.3) is 10.2 Å². The number of para-hydroxylation sites is 1. The second kappa shape index (κ2) is 10.6. The first-order valence-corrected chi connectivity index (χ1v) is 11.2. The Hall–Kier alpha value is -2.90. The van der Waals surface area contributed by atoms with E-state index in [4.69, 9.17) is 9.72 Å². The fraction of sp³-hybridized carbons (Fsp3) is 0.292. The number of imidazole rings is 1. The van der Waals surface area contributed by atoms with Gasteiger partial charge < -0.3 is 9.30 Å². The van der Waals surface area contributed by atoms with E-state index < -0.39 is 0 Å². The number of thiazole rings is 1. The minimum Gasteiger partial charge on any atom is -0.483 e. The molecule has 168 valence electrons. The van der Waals surface area contributed by atoms with Crippen molar-refractivity contribution in [1.82, 2.24) is 14.5 Å². The predicted molar refractivity (Wildman–Crippen MR) is 132 cm³/mol. The van der Waals surface area contributed by atoms with Crippen LogP contribution >= 0.6 is 23.7 Å². The van der Waals surface area contributed by atoms with E-state index in [0.717, 1.165) is 34.5 Å². The third-order valence-corrected chi connectivity index (χ3v) is 6.37. The molecule has 0 saturated carbocycles. The van der Waals surface area contributed by atoms with E-state index in [-0.39, 0.29) is 24.9 Å². The number of carbonyl (C=O) groups excluding carboxylic acids is 1. The van der Waals surface area contributed by atoms with Crippen molar-refractivity contribution in [3.05, 3.63) is 71.8 Å². The predicted octanol–water partition coefficient (Wildman–Crippen LogP) is 5.34. The van der Waals surface area contributed by atoms with Gasteiger partial charge in [0.15, 0.2) is 11.7 Å². The van der Waals surface area contributed by atoms with Crippen molar-refractivity contribution in [3.8, 4) is 5.75 Å². The maximum atomic E-state index is 13.2. The molecule has 2 heterocycles. The highest BCUT2D eigenvalue weighted by Gasteiger charge is 2.21. The average Bonchev–Trinajstić information content (AvgIpc) is 3.40. The fourth-order valence-electron chi connectivity index (χ4n) is 3.57. The van der Waals surface area contributed by atoms with Crippen LogP contribution in [0.2, 0.25) is 0 Å². The van der Waals surface area contributed by atoms with Crippen molar-refractivity contribution >= 4 is 45.0 Å². The summed E-state index contributed by atoms with van der Waals surface area (Å²) in [5, 5.41) is 0.715. The third-order valence-electron chi connectivity index (χ3n) is 5.14. The molecule has 0 unspecified atom stereocenters. The molecule has 0 fully saturated rings. The summed E-state index contributed by atoms with van der Waals surface area (Å²) in [7, 11) is 0. The Morgan fingerprint density at radius 1 is 1.16 bits per heavy atom. The van der Waals surface area contributed by atoms with Crippen LogP contribution < -0.4 is 9.64 Å². The normalized spacial score (nSPS) is 10.7. The summed E-state index contributed by atoms with van der Waals surface area (Å²) >= 11 is 1.56. The van der Waals surface area contributed by atoms with Gasteiger partial charge in [0.1, 0.15) is 5.75 Å². The van der Waals surface area contributed by atoms with Gasteiger partial charge in [0.25, 0.3) is 5.91 Å². The van der Waals surface area contributed by atoms with Crippen LogP contribution in [0.5, 0.6) is 5.75 Å². The SMILES string of the molecule is Cc1cc(C)c2sc(N(CCCn3ccnc3)C(=O)COc3ccccc3C)nc2c1.Cl. The van der Waals surface area contributed by atoms with Gasteiger partial charge in [0.05, 0.1) is 16.5 Å². The lowest BCUT2D eigenvalue weighted by molar-refractivity contribution is -0.120. The van der Waals surface area contributed by atoms with Gasteiger partial charge in [0.2, 0.25) is 0 Å². The minimum absolute atomic E-state index is 0. The van der Waals surface area contributed by atoms with Crippen molar-refractivity contribution in [2.75, 3.05) is 18.1 Å². The van der Waals surface area contributed by atoms with Gasteiger partial charge in [-0.25, -0.2) is 9.97 Å². The van der Waals surface area contributed by atoms with Gasteiger partial charge in [-0.3, -0.25) is 9.69 Å². The van der Waals surface area contributed by atoms with Gasteiger partial charge in [-0.05, 0) is 56.0 Å². The van der Waals surface area contributed by atoms with Crippen LogP contribution in [-0.2, 0) is 11.3 Å². The summed E-state index contributed by atoms with van der Waals surface area (Å²) in [6.45, 7) is 7.45. The molecule has 0 atom stereocenters. The van der Waals surface area contributed by atoms with Crippen LogP contribution in [0.1, 0.15) is 23.1 Å². The van der Waals surface area contributed by atoms with Crippen molar-refractivity contribution in [1.29, 1.82) is 0 Å². The smallest absolute Gasteiger partial charge is 0.266 e. The van der Waals surface area contributed by atoms with Crippen molar-refractivity contribution in [2.45, 2.75) is 33.7 Å². The first-order chi connectivity index (χ1) is 15.0. The molecule has 8 heteroatoms. The molecule has 4 rings (SSSR count). The molecule has 0 saturated heterocycles.